The lowest BCUT2D eigenvalue weighted by atomic mass is 10.2. The molecule has 1 aromatic carbocycles. The van der Waals surface area contributed by atoms with Gasteiger partial charge in [-0.1, -0.05) is 12.1 Å². The van der Waals surface area contributed by atoms with E-state index in [-0.39, 0.29) is 12.4 Å². The predicted octanol–water partition coefficient (Wildman–Crippen LogP) is 0.409. The highest BCUT2D eigenvalue weighted by atomic mass is 19.1. The van der Waals surface area contributed by atoms with Crippen molar-refractivity contribution in [2.24, 2.45) is 5.73 Å². The van der Waals surface area contributed by atoms with Crippen molar-refractivity contribution < 1.29 is 13.9 Å². The molecule has 0 aliphatic carbocycles. The molecule has 0 spiro atoms. The maximum absolute atomic E-state index is 13.3. The SMILES string of the molecule is CNCc1cccc(F)c1OCC(N)=O. The fourth-order valence-corrected chi connectivity index (χ4v) is 1.19. The fraction of sp³-hybridized carbons (Fsp3) is 0.300. The van der Waals surface area contributed by atoms with Gasteiger partial charge in [-0.25, -0.2) is 4.39 Å². The second-order valence-electron chi connectivity index (χ2n) is 3.01. The van der Waals surface area contributed by atoms with E-state index in [2.05, 4.69) is 5.32 Å². The van der Waals surface area contributed by atoms with E-state index in [0.29, 0.717) is 12.1 Å². The summed E-state index contributed by atoms with van der Waals surface area (Å²) in [5.41, 5.74) is 5.56. The number of carbonyl (C=O) groups is 1. The first-order chi connectivity index (χ1) is 7.15. The summed E-state index contributed by atoms with van der Waals surface area (Å²) >= 11 is 0. The zero-order valence-electron chi connectivity index (χ0n) is 8.42. The van der Waals surface area contributed by atoms with Crippen LogP contribution in [0, 0.1) is 5.82 Å². The van der Waals surface area contributed by atoms with Crippen LogP contribution in [0.2, 0.25) is 0 Å². The molecule has 5 heteroatoms. The van der Waals surface area contributed by atoms with Crippen LogP contribution in [-0.4, -0.2) is 19.6 Å². The number of benzene rings is 1. The Kier molecular flexibility index (Phi) is 4.05. The van der Waals surface area contributed by atoms with Crippen LogP contribution < -0.4 is 15.8 Å². The van der Waals surface area contributed by atoms with Gasteiger partial charge < -0.3 is 15.8 Å². The van der Waals surface area contributed by atoms with Crippen molar-refractivity contribution in [3.8, 4) is 5.75 Å². The molecule has 1 amide bonds. The highest BCUT2D eigenvalue weighted by Gasteiger charge is 2.09. The van der Waals surface area contributed by atoms with Crippen LogP contribution in [0.4, 0.5) is 4.39 Å². The van der Waals surface area contributed by atoms with Gasteiger partial charge in [0.1, 0.15) is 0 Å². The summed E-state index contributed by atoms with van der Waals surface area (Å²) in [5.74, 6) is -1.05. The summed E-state index contributed by atoms with van der Waals surface area (Å²) in [6, 6.07) is 4.57. The Morgan fingerprint density at radius 3 is 2.93 bits per heavy atom. The van der Waals surface area contributed by atoms with E-state index in [4.69, 9.17) is 10.5 Å². The quantitative estimate of drug-likeness (QED) is 0.743. The van der Waals surface area contributed by atoms with E-state index in [9.17, 15) is 9.18 Å². The van der Waals surface area contributed by atoms with E-state index < -0.39 is 11.7 Å². The Morgan fingerprint density at radius 2 is 2.33 bits per heavy atom. The van der Waals surface area contributed by atoms with Gasteiger partial charge in [0.05, 0.1) is 0 Å². The van der Waals surface area contributed by atoms with Gasteiger partial charge in [0, 0.05) is 12.1 Å². The van der Waals surface area contributed by atoms with Crippen molar-refractivity contribution in [1.29, 1.82) is 0 Å². The van der Waals surface area contributed by atoms with Crippen LogP contribution in [0.5, 0.6) is 5.75 Å². The average molecular weight is 212 g/mol. The molecule has 0 saturated heterocycles. The van der Waals surface area contributed by atoms with Gasteiger partial charge in [-0.15, -0.1) is 0 Å². The third-order valence-corrected chi connectivity index (χ3v) is 1.77. The van der Waals surface area contributed by atoms with Gasteiger partial charge in [0.2, 0.25) is 0 Å². The first-order valence-electron chi connectivity index (χ1n) is 4.48. The standard InChI is InChI=1S/C10H13FN2O2/c1-13-5-7-3-2-4-8(11)10(7)15-6-9(12)14/h2-4,13H,5-6H2,1H3,(H2,12,14). The first kappa shape index (κ1) is 11.5. The van der Waals surface area contributed by atoms with E-state index in [0.717, 1.165) is 0 Å². The zero-order chi connectivity index (χ0) is 11.3. The van der Waals surface area contributed by atoms with Gasteiger partial charge in [-0.05, 0) is 13.1 Å². The molecule has 0 aliphatic heterocycles. The normalized spacial score (nSPS) is 10.0. The fourth-order valence-electron chi connectivity index (χ4n) is 1.19. The second-order valence-corrected chi connectivity index (χ2v) is 3.01. The largest absolute Gasteiger partial charge is 0.480 e. The Balaban J connectivity index is 2.86. The van der Waals surface area contributed by atoms with Gasteiger partial charge in [-0.3, -0.25) is 4.79 Å². The molecule has 0 unspecified atom stereocenters. The van der Waals surface area contributed by atoms with Gasteiger partial charge in [0.15, 0.2) is 18.2 Å². The minimum Gasteiger partial charge on any atom is -0.480 e. The summed E-state index contributed by atoms with van der Waals surface area (Å²) < 4.78 is 18.3. The summed E-state index contributed by atoms with van der Waals surface area (Å²) in [7, 11) is 1.74. The number of carbonyl (C=O) groups excluding carboxylic acids is 1. The van der Waals surface area contributed by atoms with Crippen molar-refractivity contribution in [2.45, 2.75) is 6.54 Å². The molecule has 0 aromatic heterocycles. The molecule has 0 fully saturated rings. The van der Waals surface area contributed by atoms with E-state index in [1.165, 1.54) is 6.07 Å². The summed E-state index contributed by atoms with van der Waals surface area (Å²) in [4.78, 5) is 10.5. The topological polar surface area (TPSA) is 64.3 Å². The average Bonchev–Trinajstić information content (AvgIpc) is 2.17. The number of nitrogens with one attached hydrogen (secondary N) is 1. The second kappa shape index (κ2) is 5.31. The van der Waals surface area contributed by atoms with Crippen LogP contribution in [-0.2, 0) is 11.3 Å². The van der Waals surface area contributed by atoms with Crippen LogP contribution in [0.25, 0.3) is 0 Å². The van der Waals surface area contributed by atoms with Crippen molar-refractivity contribution in [2.75, 3.05) is 13.7 Å². The van der Waals surface area contributed by atoms with Crippen molar-refractivity contribution in [3.63, 3.8) is 0 Å². The molecule has 0 atom stereocenters. The lowest BCUT2D eigenvalue weighted by Crippen LogP contribution is -2.21. The molecule has 1 rings (SSSR count). The third kappa shape index (κ3) is 3.21. The lowest BCUT2D eigenvalue weighted by molar-refractivity contribution is -0.120. The Morgan fingerprint density at radius 1 is 1.60 bits per heavy atom. The Bertz CT molecular complexity index is 355. The maximum Gasteiger partial charge on any atom is 0.255 e. The van der Waals surface area contributed by atoms with Crippen molar-refractivity contribution in [1.82, 2.24) is 5.32 Å². The molecule has 1 aromatic rings. The Labute approximate surface area is 87.2 Å². The lowest BCUT2D eigenvalue weighted by Gasteiger charge is -2.10. The van der Waals surface area contributed by atoms with E-state index in [1.54, 1.807) is 19.2 Å². The monoisotopic (exact) mass is 212 g/mol. The number of hydrogen-bond donors (Lipinski definition) is 2. The van der Waals surface area contributed by atoms with Crippen molar-refractivity contribution >= 4 is 5.91 Å². The van der Waals surface area contributed by atoms with Gasteiger partial charge in [0.25, 0.3) is 5.91 Å². The molecule has 0 aliphatic rings. The molecular formula is C10H13FN2O2. The summed E-state index contributed by atoms with van der Waals surface area (Å²) in [6.45, 7) is 0.142. The molecule has 4 nitrogen and oxygen atoms in total. The van der Waals surface area contributed by atoms with E-state index >= 15 is 0 Å². The number of halogens is 1. The van der Waals surface area contributed by atoms with Gasteiger partial charge >= 0.3 is 0 Å². The number of ether oxygens (including phenoxy) is 1. The maximum atomic E-state index is 13.3. The summed E-state index contributed by atoms with van der Waals surface area (Å²) in [6.07, 6.45) is 0. The van der Waals surface area contributed by atoms with Gasteiger partial charge in [-0.2, -0.15) is 0 Å². The smallest absolute Gasteiger partial charge is 0.255 e. The number of amides is 1. The van der Waals surface area contributed by atoms with Crippen LogP contribution in [0.3, 0.4) is 0 Å². The molecule has 15 heavy (non-hydrogen) atoms. The minimum atomic E-state index is -0.631. The number of primary amides is 1. The molecule has 0 radical (unpaired) electrons. The minimum absolute atomic E-state index is 0.0747. The van der Waals surface area contributed by atoms with Crippen molar-refractivity contribution in [3.05, 3.63) is 29.6 Å². The van der Waals surface area contributed by atoms with Crippen LogP contribution in [0.15, 0.2) is 18.2 Å². The number of rotatable bonds is 5. The number of hydrogen-bond acceptors (Lipinski definition) is 3. The molecule has 0 saturated carbocycles. The summed E-state index contributed by atoms with van der Waals surface area (Å²) in [5, 5.41) is 2.88. The zero-order valence-corrected chi connectivity index (χ0v) is 8.42. The van der Waals surface area contributed by atoms with E-state index in [1.807, 2.05) is 0 Å². The molecule has 0 bridgehead atoms. The molecule has 82 valence electrons. The highest BCUT2D eigenvalue weighted by Crippen LogP contribution is 2.22. The van der Waals surface area contributed by atoms with Crippen LogP contribution >= 0.6 is 0 Å². The van der Waals surface area contributed by atoms with Crippen LogP contribution in [0.1, 0.15) is 5.56 Å². The predicted molar refractivity (Wildman–Crippen MR) is 53.9 cm³/mol. The molecular weight excluding hydrogens is 199 g/mol. The number of para-hydroxylation sites is 1. The molecule has 3 N–H and O–H groups in total. The first-order valence-corrected chi connectivity index (χ1v) is 4.48. The number of nitrogens with two attached hydrogens (primary N) is 1. The Hall–Kier alpha value is -1.62. The third-order valence-electron chi connectivity index (χ3n) is 1.77. The highest BCUT2D eigenvalue weighted by molar-refractivity contribution is 5.75. The molecule has 0 heterocycles.